The molecule has 0 aliphatic heterocycles. The van der Waals surface area contributed by atoms with Crippen LogP contribution in [-0.4, -0.2) is 20.1 Å². The largest absolute Gasteiger partial charge is 0.506 e. The molecular formula is C18H17NO4S. The molecule has 0 atom stereocenters. The lowest BCUT2D eigenvalue weighted by Gasteiger charge is -2.14. The lowest BCUT2D eigenvalue weighted by atomic mass is 10.1. The van der Waals surface area contributed by atoms with E-state index in [1.807, 2.05) is 19.1 Å². The van der Waals surface area contributed by atoms with Crippen LogP contribution in [0.15, 0.2) is 65.6 Å². The molecule has 0 spiro atoms. The van der Waals surface area contributed by atoms with Crippen LogP contribution in [0.3, 0.4) is 0 Å². The second-order valence-electron chi connectivity index (χ2n) is 5.16. The number of nitrogens with one attached hydrogen (secondary N) is 1. The first kappa shape index (κ1) is 16.1. The minimum atomic E-state index is -3.86. The second-order valence-corrected chi connectivity index (χ2v) is 6.81. The summed E-state index contributed by atoms with van der Waals surface area (Å²) in [4.78, 5) is 0.129. The molecule has 124 valence electrons. The highest BCUT2D eigenvalue weighted by Crippen LogP contribution is 2.33. The Morgan fingerprint density at radius 2 is 1.62 bits per heavy atom. The van der Waals surface area contributed by atoms with E-state index < -0.39 is 10.0 Å². The number of aromatic hydroxyl groups is 1. The molecule has 6 heteroatoms. The van der Waals surface area contributed by atoms with Crippen molar-refractivity contribution >= 4 is 26.5 Å². The number of fused-ring (bicyclic) bond motifs is 1. The van der Waals surface area contributed by atoms with Crippen molar-refractivity contribution in [2.24, 2.45) is 0 Å². The Morgan fingerprint density at radius 3 is 2.33 bits per heavy atom. The van der Waals surface area contributed by atoms with Crippen LogP contribution >= 0.6 is 0 Å². The van der Waals surface area contributed by atoms with Crippen molar-refractivity contribution in [3.63, 3.8) is 0 Å². The van der Waals surface area contributed by atoms with Crippen molar-refractivity contribution in [3.8, 4) is 11.5 Å². The van der Waals surface area contributed by atoms with Gasteiger partial charge in [-0.05, 0) is 31.2 Å². The monoisotopic (exact) mass is 343 g/mol. The van der Waals surface area contributed by atoms with Crippen LogP contribution in [0.4, 0.5) is 5.69 Å². The average molecular weight is 343 g/mol. The zero-order chi connectivity index (χ0) is 17.2. The van der Waals surface area contributed by atoms with Gasteiger partial charge in [0.25, 0.3) is 10.0 Å². The van der Waals surface area contributed by atoms with E-state index in [4.69, 9.17) is 4.74 Å². The van der Waals surface area contributed by atoms with E-state index in [-0.39, 0.29) is 16.3 Å². The molecule has 2 N–H and O–H groups in total. The molecule has 0 aromatic heterocycles. The first-order chi connectivity index (χ1) is 11.5. The van der Waals surface area contributed by atoms with Crippen LogP contribution in [0.5, 0.6) is 11.5 Å². The van der Waals surface area contributed by atoms with E-state index in [2.05, 4.69) is 4.72 Å². The molecule has 0 saturated carbocycles. The normalized spacial score (nSPS) is 11.4. The SMILES string of the molecule is CCOc1ccc(S(=O)(=O)Nc2ccccc2O)c2ccccc12. The van der Waals surface area contributed by atoms with Crippen molar-refractivity contribution in [3.05, 3.63) is 60.7 Å². The quantitative estimate of drug-likeness (QED) is 0.692. The fourth-order valence-electron chi connectivity index (χ4n) is 2.52. The van der Waals surface area contributed by atoms with E-state index in [0.717, 1.165) is 5.39 Å². The lowest BCUT2D eigenvalue weighted by molar-refractivity contribution is 0.344. The summed E-state index contributed by atoms with van der Waals surface area (Å²) in [6.07, 6.45) is 0. The average Bonchev–Trinajstić information content (AvgIpc) is 2.57. The van der Waals surface area contributed by atoms with Gasteiger partial charge in [0.05, 0.1) is 17.2 Å². The number of phenolic OH excluding ortho intramolecular Hbond substituents is 1. The minimum absolute atomic E-state index is 0.128. The molecule has 0 bridgehead atoms. The Balaban J connectivity index is 2.12. The number of sulfonamides is 1. The summed E-state index contributed by atoms with van der Waals surface area (Å²) in [5.41, 5.74) is 0.135. The van der Waals surface area contributed by atoms with Gasteiger partial charge in [0.1, 0.15) is 11.5 Å². The maximum absolute atomic E-state index is 12.8. The summed E-state index contributed by atoms with van der Waals surface area (Å²) in [5.74, 6) is 0.505. The molecule has 0 saturated heterocycles. The summed E-state index contributed by atoms with van der Waals surface area (Å²) in [6.45, 7) is 2.37. The summed E-state index contributed by atoms with van der Waals surface area (Å²) in [7, 11) is -3.86. The molecule has 0 aliphatic carbocycles. The predicted molar refractivity (Wildman–Crippen MR) is 94.0 cm³/mol. The topological polar surface area (TPSA) is 75.6 Å². The maximum atomic E-state index is 12.8. The van der Waals surface area contributed by atoms with Gasteiger partial charge in [-0.25, -0.2) is 8.42 Å². The number of anilines is 1. The summed E-state index contributed by atoms with van der Waals surface area (Å²) >= 11 is 0. The summed E-state index contributed by atoms with van der Waals surface area (Å²) in [5, 5.41) is 11.1. The molecule has 3 rings (SSSR count). The Morgan fingerprint density at radius 1 is 0.958 bits per heavy atom. The van der Waals surface area contributed by atoms with E-state index >= 15 is 0 Å². The van der Waals surface area contributed by atoms with Crippen LogP contribution in [0.25, 0.3) is 10.8 Å². The fourth-order valence-corrected chi connectivity index (χ4v) is 3.81. The van der Waals surface area contributed by atoms with Gasteiger partial charge in [0, 0.05) is 10.8 Å². The third kappa shape index (κ3) is 3.00. The highest BCUT2D eigenvalue weighted by Gasteiger charge is 2.20. The molecule has 3 aromatic rings. The van der Waals surface area contributed by atoms with Crippen molar-refractivity contribution in [1.29, 1.82) is 0 Å². The second kappa shape index (κ2) is 6.41. The van der Waals surface area contributed by atoms with Crippen molar-refractivity contribution in [1.82, 2.24) is 0 Å². The van der Waals surface area contributed by atoms with Gasteiger partial charge in [-0.2, -0.15) is 0 Å². The van der Waals surface area contributed by atoms with E-state index in [1.165, 1.54) is 18.2 Å². The molecule has 24 heavy (non-hydrogen) atoms. The maximum Gasteiger partial charge on any atom is 0.262 e. The molecule has 0 fully saturated rings. The highest BCUT2D eigenvalue weighted by molar-refractivity contribution is 7.93. The Bertz CT molecular complexity index is 983. The Hall–Kier alpha value is -2.73. The molecule has 3 aromatic carbocycles. The van der Waals surface area contributed by atoms with Gasteiger partial charge in [-0.3, -0.25) is 4.72 Å². The van der Waals surface area contributed by atoms with Crippen LogP contribution in [0.1, 0.15) is 6.92 Å². The van der Waals surface area contributed by atoms with Gasteiger partial charge >= 0.3 is 0 Å². The van der Waals surface area contributed by atoms with Crippen LogP contribution in [0.2, 0.25) is 0 Å². The zero-order valence-corrected chi connectivity index (χ0v) is 13.9. The number of rotatable bonds is 5. The van der Waals surface area contributed by atoms with Crippen molar-refractivity contribution in [2.45, 2.75) is 11.8 Å². The van der Waals surface area contributed by atoms with Gasteiger partial charge in [0.2, 0.25) is 0 Å². The van der Waals surface area contributed by atoms with Crippen LogP contribution in [0, 0.1) is 0 Å². The Kier molecular flexibility index (Phi) is 4.31. The molecule has 0 aliphatic rings. The van der Waals surface area contributed by atoms with E-state index in [1.54, 1.807) is 30.3 Å². The van der Waals surface area contributed by atoms with Gasteiger partial charge in [-0.1, -0.05) is 36.4 Å². The minimum Gasteiger partial charge on any atom is -0.506 e. The molecule has 0 amide bonds. The molecular weight excluding hydrogens is 326 g/mol. The number of benzene rings is 3. The molecule has 5 nitrogen and oxygen atoms in total. The number of hydrogen-bond acceptors (Lipinski definition) is 4. The number of hydrogen-bond donors (Lipinski definition) is 2. The first-order valence-electron chi connectivity index (χ1n) is 7.48. The van der Waals surface area contributed by atoms with Gasteiger partial charge < -0.3 is 9.84 Å². The van der Waals surface area contributed by atoms with Crippen molar-refractivity contribution < 1.29 is 18.3 Å². The van der Waals surface area contributed by atoms with Crippen LogP contribution in [-0.2, 0) is 10.0 Å². The van der Waals surface area contributed by atoms with E-state index in [9.17, 15) is 13.5 Å². The van der Waals surface area contributed by atoms with Crippen molar-refractivity contribution in [2.75, 3.05) is 11.3 Å². The number of phenols is 1. The van der Waals surface area contributed by atoms with Gasteiger partial charge in [-0.15, -0.1) is 0 Å². The lowest BCUT2D eigenvalue weighted by Crippen LogP contribution is -2.13. The Labute approximate surface area is 140 Å². The third-order valence-electron chi connectivity index (χ3n) is 3.58. The predicted octanol–water partition coefficient (Wildman–Crippen LogP) is 3.74. The molecule has 0 radical (unpaired) electrons. The van der Waals surface area contributed by atoms with E-state index in [0.29, 0.717) is 17.7 Å². The summed E-state index contributed by atoms with van der Waals surface area (Å²) in [6, 6.07) is 16.5. The zero-order valence-electron chi connectivity index (χ0n) is 13.1. The summed E-state index contributed by atoms with van der Waals surface area (Å²) < 4.78 is 33.5. The van der Waals surface area contributed by atoms with Gasteiger partial charge in [0.15, 0.2) is 0 Å². The first-order valence-corrected chi connectivity index (χ1v) is 8.96. The molecule has 0 unspecified atom stereocenters. The number of para-hydroxylation sites is 2. The molecule has 0 heterocycles. The highest BCUT2D eigenvalue weighted by atomic mass is 32.2. The fraction of sp³-hybridized carbons (Fsp3) is 0.111. The van der Waals surface area contributed by atoms with Crippen LogP contribution < -0.4 is 9.46 Å². The number of ether oxygens (including phenoxy) is 1. The standard InChI is InChI=1S/C18H17NO4S/c1-2-23-17-11-12-18(14-8-4-3-7-13(14)17)24(21,22)19-15-9-5-6-10-16(15)20/h3-12,19-20H,2H2,1H3. The smallest absolute Gasteiger partial charge is 0.262 e. The third-order valence-corrected chi connectivity index (χ3v) is 5.01.